The van der Waals surface area contributed by atoms with E-state index in [4.69, 9.17) is 10.5 Å². The number of nitrogens with two attached hydrogens (primary N) is 1. The molecule has 1 aromatic carbocycles. The van der Waals surface area contributed by atoms with Crippen LogP contribution in [0.4, 0.5) is 5.69 Å². The van der Waals surface area contributed by atoms with Gasteiger partial charge in [-0.15, -0.1) is 6.58 Å². The molecule has 23 heavy (non-hydrogen) atoms. The van der Waals surface area contributed by atoms with Crippen LogP contribution < -0.4 is 10.7 Å². The van der Waals surface area contributed by atoms with Gasteiger partial charge >= 0.3 is 0 Å². The van der Waals surface area contributed by atoms with Crippen LogP contribution in [0.1, 0.15) is 13.3 Å². The fourth-order valence-corrected chi connectivity index (χ4v) is 2.91. The SMILES string of the molecule is C=CCCSC(=O)C1C=C(OCC)N(c2ccccc2)N=C1N. The van der Waals surface area contributed by atoms with E-state index in [2.05, 4.69) is 11.7 Å². The molecule has 1 aliphatic heterocycles. The molecule has 1 unspecified atom stereocenters. The van der Waals surface area contributed by atoms with E-state index < -0.39 is 5.92 Å². The third-order valence-corrected chi connectivity index (χ3v) is 4.14. The molecule has 1 aliphatic rings. The lowest BCUT2D eigenvalue weighted by Crippen LogP contribution is -2.37. The largest absolute Gasteiger partial charge is 0.478 e. The van der Waals surface area contributed by atoms with Crippen LogP contribution in [0.5, 0.6) is 0 Å². The lowest BCUT2D eigenvalue weighted by molar-refractivity contribution is -0.111. The molecular formula is C17H21N3O2S. The van der Waals surface area contributed by atoms with Crippen molar-refractivity contribution in [2.45, 2.75) is 13.3 Å². The average molecular weight is 331 g/mol. The van der Waals surface area contributed by atoms with Crippen LogP contribution in [-0.4, -0.2) is 23.3 Å². The smallest absolute Gasteiger partial charge is 0.212 e. The molecule has 0 amide bonds. The Morgan fingerprint density at radius 1 is 1.48 bits per heavy atom. The van der Waals surface area contributed by atoms with Crippen LogP contribution in [0.25, 0.3) is 0 Å². The number of ether oxygens (including phenoxy) is 1. The Morgan fingerprint density at radius 2 is 2.22 bits per heavy atom. The number of hydrazone groups is 1. The van der Waals surface area contributed by atoms with Crippen molar-refractivity contribution in [1.82, 2.24) is 0 Å². The molecule has 0 fully saturated rings. The number of nitrogens with zero attached hydrogens (tertiary/aromatic N) is 2. The topological polar surface area (TPSA) is 67.9 Å². The molecule has 0 radical (unpaired) electrons. The zero-order chi connectivity index (χ0) is 16.7. The lowest BCUT2D eigenvalue weighted by Gasteiger charge is -2.28. The third-order valence-electron chi connectivity index (χ3n) is 3.17. The molecule has 0 saturated heterocycles. The van der Waals surface area contributed by atoms with Gasteiger partial charge in [-0.1, -0.05) is 36.0 Å². The van der Waals surface area contributed by atoms with Crippen molar-refractivity contribution in [2.75, 3.05) is 17.4 Å². The second-order valence-corrected chi connectivity index (χ2v) is 5.93. The number of thioether (sulfide) groups is 1. The van der Waals surface area contributed by atoms with Gasteiger partial charge in [-0.3, -0.25) is 4.79 Å². The summed E-state index contributed by atoms with van der Waals surface area (Å²) in [6, 6.07) is 9.56. The maximum Gasteiger partial charge on any atom is 0.212 e. The highest BCUT2D eigenvalue weighted by Gasteiger charge is 2.29. The Kier molecular flexibility index (Phi) is 6.29. The molecule has 1 aromatic rings. The van der Waals surface area contributed by atoms with Crippen molar-refractivity contribution < 1.29 is 9.53 Å². The van der Waals surface area contributed by atoms with Crippen molar-refractivity contribution in [2.24, 2.45) is 16.8 Å². The molecule has 0 spiro atoms. The Bertz CT molecular complexity index is 614. The van der Waals surface area contributed by atoms with E-state index in [0.717, 1.165) is 12.1 Å². The molecule has 5 nitrogen and oxygen atoms in total. The Hall–Kier alpha value is -2.21. The van der Waals surface area contributed by atoms with Gasteiger partial charge in [0.1, 0.15) is 11.8 Å². The van der Waals surface area contributed by atoms with Crippen LogP contribution in [0.3, 0.4) is 0 Å². The number of benzene rings is 1. The van der Waals surface area contributed by atoms with E-state index in [0.29, 0.717) is 18.2 Å². The van der Waals surface area contributed by atoms with Crippen LogP contribution in [0.15, 0.2) is 60.0 Å². The second-order valence-electron chi connectivity index (χ2n) is 4.83. The summed E-state index contributed by atoms with van der Waals surface area (Å²) in [5.41, 5.74) is 6.86. The molecule has 2 rings (SSSR count). The summed E-state index contributed by atoms with van der Waals surface area (Å²) in [4.78, 5) is 12.3. The first-order chi connectivity index (χ1) is 11.2. The quantitative estimate of drug-likeness (QED) is 0.614. The Labute approximate surface area is 140 Å². The molecule has 0 saturated carbocycles. The maximum atomic E-state index is 12.3. The van der Waals surface area contributed by atoms with Crippen LogP contribution in [0.2, 0.25) is 0 Å². The van der Waals surface area contributed by atoms with E-state index in [1.165, 1.54) is 11.8 Å². The molecule has 0 aliphatic carbocycles. The van der Waals surface area contributed by atoms with Gasteiger partial charge < -0.3 is 10.5 Å². The average Bonchev–Trinajstić information content (AvgIpc) is 2.57. The van der Waals surface area contributed by atoms with Crippen molar-refractivity contribution >= 4 is 28.4 Å². The summed E-state index contributed by atoms with van der Waals surface area (Å²) in [7, 11) is 0. The summed E-state index contributed by atoms with van der Waals surface area (Å²) < 4.78 is 5.65. The highest BCUT2D eigenvalue weighted by Crippen LogP contribution is 2.27. The molecule has 6 heteroatoms. The minimum absolute atomic E-state index is 0.0296. The number of hydrogen-bond donors (Lipinski definition) is 1. The van der Waals surface area contributed by atoms with E-state index in [1.54, 1.807) is 17.2 Å². The summed E-state index contributed by atoms with van der Waals surface area (Å²) in [5.74, 6) is 0.919. The first-order valence-corrected chi connectivity index (χ1v) is 8.47. The lowest BCUT2D eigenvalue weighted by atomic mass is 10.1. The first kappa shape index (κ1) is 17.1. The van der Waals surface area contributed by atoms with Gasteiger partial charge in [-0.2, -0.15) is 10.1 Å². The molecule has 122 valence electrons. The van der Waals surface area contributed by atoms with E-state index in [-0.39, 0.29) is 11.0 Å². The summed E-state index contributed by atoms with van der Waals surface area (Å²) in [6.07, 6.45) is 4.30. The van der Waals surface area contributed by atoms with Gasteiger partial charge in [-0.25, -0.2) is 0 Å². The van der Waals surface area contributed by atoms with Gasteiger partial charge in [0.15, 0.2) is 0 Å². The molecule has 0 bridgehead atoms. The number of carbonyl (C=O) groups excluding carboxylic acids is 1. The van der Waals surface area contributed by atoms with Gasteiger partial charge in [0.25, 0.3) is 0 Å². The van der Waals surface area contributed by atoms with Crippen molar-refractivity contribution in [1.29, 1.82) is 0 Å². The van der Waals surface area contributed by atoms with Crippen LogP contribution in [0, 0.1) is 5.92 Å². The number of carbonyl (C=O) groups is 1. The van der Waals surface area contributed by atoms with Gasteiger partial charge in [-0.05, 0) is 31.6 Å². The van der Waals surface area contributed by atoms with Gasteiger partial charge in [0.2, 0.25) is 11.0 Å². The van der Waals surface area contributed by atoms with Crippen LogP contribution >= 0.6 is 11.8 Å². The Morgan fingerprint density at radius 3 is 2.87 bits per heavy atom. The van der Waals surface area contributed by atoms with E-state index in [9.17, 15) is 4.79 Å². The summed E-state index contributed by atoms with van der Waals surface area (Å²) >= 11 is 1.24. The zero-order valence-corrected chi connectivity index (χ0v) is 14.0. The highest BCUT2D eigenvalue weighted by atomic mass is 32.2. The minimum atomic E-state index is -0.564. The highest BCUT2D eigenvalue weighted by molar-refractivity contribution is 8.13. The molecule has 1 heterocycles. The summed E-state index contributed by atoms with van der Waals surface area (Å²) in [6.45, 7) is 6.02. The van der Waals surface area contributed by atoms with Gasteiger partial charge in [0, 0.05) is 5.75 Å². The minimum Gasteiger partial charge on any atom is -0.478 e. The van der Waals surface area contributed by atoms with Crippen molar-refractivity contribution in [3.8, 4) is 0 Å². The van der Waals surface area contributed by atoms with E-state index in [1.807, 2.05) is 37.3 Å². The van der Waals surface area contributed by atoms with E-state index >= 15 is 0 Å². The maximum absolute atomic E-state index is 12.3. The molecule has 1 atom stereocenters. The van der Waals surface area contributed by atoms with Crippen molar-refractivity contribution in [3.05, 3.63) is 54.9 Å². The first-order valence-electron chi connectivity index (χ1n) is 7.48. The predicted octanol–water partition coefficient (Wildman–Crippen LogP) is 3.11. The number of rotatable bonds is 7. The summed E-state index contributed by atoms with van der Waals surface area (Å²) in [5, 5.41) is 5.96. The zero-order valence-electron chi connectivity index (χ0n) is 13.1. The molecule has 2 N–H and O–H groups in total. The number of amidine groups is 1. The number of hydrogen-bond acceptors (Lipinski definition) is 6. The third kappa shape index (κ3) is 4.39. The van der Waals surface area contributed by atoms with Gasteiger partial charge in [0.05, 0.1) is 12.3 Å². The monoisotopic (exact) mass is 331 g/mol. The fraction of sp³-hybridized carbons (Fsp3) is 0.294. The van der Waals surface area contributed by atoms with Crippen molar-refractivity contribution in [3.63, 3.8) is 0 Å². The molecule has 0 aromatic heterocycles. The fourth-order valence-electron chi connectivity index (χ4n) is 2.06. The number of para-hydroxylation sites is 1. The second kappa shape index (κ2) is 8.43. The molecular weight excluding hydrogens is 310 g/mol. The normalized spacial score (nSPS) is 17.3. The Balaban J connectivity index is 2.21. The number of allylic oxidation sites excluding steroid dienone is 1. The number of anilines is 1. The predicted molar refractivity (Wildman–Crippen MR) is 96.0 cm³/mol. The van der Waals surface area contributed by atoms with Crippen LogP contribution in [-0.2, 0) is 9.53 Å². The standard InChI is InChI=1S/C17H21N3O2S/c1-3-5-11-23-17(21)14-12-15(22-4-2)20(19-16(14)18)13-9-7-6-8-10-13/h3,6-10,12,14H,1,4-5,11H2,2H3,(H2,18,19).